The molecule has 0 amide bonds. The molecule has 4 rings (SSSR count). The number of aliphatic hydroxyl groups is 4. The molecule has 0 fully saturated rings. The van der Waals surface area contributed by atoms with Crippen LogP contribution in [0.25, 0.3) is 0 Å². The van der Waals surface area contributed by atoms with E-state index in [1.165, 1.54) is 13.0 Å². The van der Waals surface area contributed by atoms with E-state index < -0.39 is 74.7 Å². The molecule has 1 unspecified atom stereocenters. The third kappa shape index (κ3) is 2.37. The van der Waals surface area contributed by atoms with Gasteiger partial charge in [-0.2, -0.15) is 0 Å². The Morgan fingerprint density at radius 3 is 2.21 bits per heavy atom. The molecule has 0 aliphatic heterocycles. The number of Topliss-reactive ketones (excluding diaryl/α,β-unsaturated/α-hetero) is 3. The topological polar surface area (TPSA) is 152 Å². The summed E-state index contributed by atoms with van der Waals surface area (Å²) in [4.78, 5) is 39.6. The lowest BCUT2D eigenvalue weighted by atomic mass is 9.41. The van der Waals surface area contributed by atoms with Crippen LogP contribution in [-0.4, -0.2) is 54.6 Å². The van der Waals surface area contributed by atoms with Crippen molar-refractivity contribution in [3.63, 3.8) is 0 Å². The second-order valence-corrected chi connectivity index (χ2v) is 10.6. The first-order chi connectivity index (χ1) is 15.6. The van der Waals surface area contributed by atoms with Gasteiger partial charge < -0.3 is 25.5 Å². The molecule has 3 aliphatic rings. The molecule has 6 atom stereocenters. The van der Waals surface area contributed by atoms with Gasteiger partial charge in [-0.1, -0.05) is 46.8 Å². The van der Waals surface area contributed by atoms with Gasteiger partial charge in [0.15, 0.2) is 17.2 Å². The highest BCUT2D eigenvalue weighted by atomic mass is 16.4. The molecular formula is C26H30O8. The number of phenolic OH excluding ortho intramolecular Hbond substituents is 1. The number of allylic oxidation sites excluding steroid dienone is 1. The van der Waals surface area contributed by atoms with Crippen molar-refractivity contribution in [3.8, 4) is 5.75 Å². The lowest BCUT2D eigenvalue weighted by molar-refractivity contribution is -0.211. The zero-order valence-electron chi connectivity index (χ0n) is 20.0. The number of ketones is 3. The van der Waals surface area contributed by atoms with Crippen LogP contribution < -0.4 is 0 Å². The van der Waals surface area contributed by atoms with Crippen molar-refractivity contribution in [2.24, 2.45) is 22.7 Å². The normalized spacial score (nSPS) is 37.5. The number of hydrogen-bond acceptors (Lipinski definition) is 8. The number of fused-ring (bicyclic) bond motifs is 3. The maximum Gasteiger partial charge on any atom is 0.209 e. The number of phenols is 1. The van der Waals surface area contributed by atoms with Crippen LogP contribution in [0.4, 0.5) is 0 Å². The molecule has 0 radical (unpaired) electrons. The van der Waals surface area contributed by atoms with E-state index in [0.29, 0.717) is 5.56 Å². The predicted octanol–water partition coefficient (Wildman–Crippen LogP) is 2.88. The Balaban J connectivity index is 2.18. The summed E-state index contributed by atoms with van der Waals surface area (Å²) in [6.07, 6.45) is -1.61. The van der Waals surface area contributed by atoms with Gasteiger partial charge in [0.25, 0.3) is 0 Å². The van der Waals surface area contributed by atoms with Crippen LogP contribution in [0.5, 0.6) is 5.75 Å². The number of hydrogen-bond donors (Lipinski definition) is 5. The molecule has 182 valence electrons. The monoisotopic (exact) mass is 470 g/mol. The minimum absolute atomic E-state index is 0.0812. The molecule has 1 aromatic rings. The second kappa shape index (κ2) is 7.02. The predicted molar refractivity (Wildman–Crippen MR) is 121 cm³/mol. The minimum atomic E-state index is -2.86. The molecule has 5 N–H and O–H groups in total. The standard InChI is InChI=1S/C26H30O8/c1-10(2)17-19(29)15(12(4)27)21(31)26(34)22(32)18-20(30)16-13(8-7-9-14(16)28)11(3)24(18,5)23(33)25(17,26)6/h7-11,17,23,28-29,32-34H,1-6H3/t11-,17?,23-,24+,25+,26+/m1/s1. The molecule has 0 heterocycles. The molecule has 1 aromatic carbocycles. The van der Waals surface area contributed by atoms with Crippen LogP contribution in [0.2, 0.25) is 0 Å². The van der Waals surface area contributed by atoms with Crippen LogP contribution in [0.1, 0.15) is 63.4 Å². The van der Waals surface area contributed by atoms with Crippen molar-refractivity contribution in [2.45, 2.75) is 59.2 Å². The second-order valence-electron chi connectivity index (χ2n) is 10.6. The number of rotatable bonds is 2. The van der Waals surface area contributed by atoms with E-state index in [-0.39, 0.29) is 16.9 Å². The third-order valence-corrected chi connectivity index (χ3v) is 8.70. The van der Waals surface area contributed by atoms with E-state index in [9.17, 15) is 39.9 Å². The highest BCUT2D eigenvalue weighted by Gasteiger charge is 2.75. The van der Waals surface area contributed by atoms with Gasteiger partial charge in [0.05, 0.1) is 17.2 Å². The van der Waals surface area contributed by atoms with E-state index in [2.05, 4.69) is 0 Å². The van der Waals surface area contributed by atoms with Crippen LogP contribution in [0, 0.1) is 22.7 Å². The maximum atomic E-state index is 13.7. The summed E-state index contributed by atoms with van der Waals surface area (Å²) in [5.74, 6) is -6.95. The minimum Gasteiger partial charge on any atom is -0.511 e. The van der Waals surface area contributed by atoms with E-state index in [0.717, 1.165) is 6.92 Å². The molecule has 34 heavy (non-hydrogen) atoms. The third-order valence-electron chi connectivity index (χ3n) is 8.70. The molecule has 0 saturated heterocycles. The summed E-state index contributed by atoms with van der Waals surface area (Å²) in [6.45, 7) is 9.14. The van der Waals surface area contributed by atoms with Crippen LogP contribution >= 0.6 is 0 Å². The van der Waals surface area contributed by atoms with E-state index in [1.807, 2.05) is 0 Å². The Labute approximate surface area is 197 Å². The van der Waals surface area contributed by atoms with Crippen molar-refractivity contribution in [1.29, 1.82) is 0 Å². The summed E-state index contributed by atoms with van der Waals surface area (Å²) in [5.41, 5.74) is -6.94. The van der Waals surface area contributed by atoms with Crippen LogP contribution in [0.3, 0.4) is 0 Å². The largest absolute Gasteiger partial charge is 0.511 e. The van der Waals surface area contributed by atoms with Crippen LogP contribution in [0.15, 0.2) is 40.9 Å². The zero-order chi connectivity index (χ0) is 25.7. The Morgan fingerprint density at radius 1 is 1.09 bits per heavy atom. The zero-order valence-corrected chi connectivity index (χ0v) is 20.0. The fraction of sp³-hybridized carbons (Fsp3) is 0.500. The number of aromatic hydroxyl groups is 1. The fourth-order valence-electron chi connectivity index (χ4n) is 6.90. The lowest BCUT2D eigenvalue weighted by Crippen LogP contribution is -2.73. The molecular weight excluding hydrogens is 440 g/mol. The summed E-state index contributed by atoms with van der Waals surface area (Å²) < 4.78 is 0. The van der Waals surface area contributed by atoms with Gasteiger partial charge in [0.2, 0.25) is 5.78 Å². The first kappa shape index (κ1) is 24.2. The molecule has 0 bridgehead atoms. The van der Waals surface area contributed by atoms with Crippen molar-refractivity contribution in [1.82, 2.24) is 0 Å². The number of carbonyl (C=O) groups is 3. The molecule has 8 heteroatoms. The Bertz CT molecular complexity index is 1220. The van der Waals surface area contributed by atoms with Gasteiger partial charge in [0.1, 0.15) is 22.8 Å². The average Bonchev–Trinajstić information content (AvgIpc) is 2.73. The number of benzene rings is 1. The van der Waals surface area contributed by atoms with E-state index in [4.69, 9.17) is 0 Å². The van der Waals surface area contributed by atoms with Crippen molar-refractivity contribution in [3.05, 3.63) is 52.0 Å². The maximum absolute atomic E-state index is 13.7. The van der Waals surface area contributed by atoms with Gasteiger partial charge in [0, 0.05) is 16.7 Å². The smallest absolute Gasteiger partial charge is 0.209 e. The molecule has 0 saturated carbocycles. The number of aliphatic hydroxyl groups excluding tert-OH is 3. The van der Waals surface area contributed by atoms with Crippen molar-refractivity contribution in [2.75, 3.05) is 0 Å². The van der Waals surface area contributed by atoms with E-state index in [1.54, 1.807) is 39.8 Å². The summed E-state index contributed by atoms with van der Waals surface area (Å²) in [6, 6.07) is 4.53. The molecule has 0 spiro atoms. The lowest BCUT2D eigenvalue weighted by Gasteiger charge is -2.63. The Morgan fingerprint density at radius 2 is 1.68 bits per heavy atom. The Hall–Kier alpha value is -2.97. The first-order valence-corrected chi connectivity index (χ1v) is 11.3. The molecule has 3 aliphatic carbocycles. The summed E-state index contributed by atoms with van der Waals surface area (Å²) in [7, 11) is 0. The van der Waals surface area contributed by atoms with Gasteiger partial charge >= 0.3 is 0 Å². The van der Waals surface area contributed by atoms with Crippen molar-refractivity contribution >= 4 is 17.3 Å². The fourth-order valence-corrected chi connectivity index (χ4v) is 6.90. The Kier molecular flexibility index (Phi) is 4.99. The van der Waals surface area contributed by atoms with Gasteiger partial charge in [-0.15, -0.1) is 0 Å². The van der Waals surface area contributed by atoms with Gasteiger partial charge in [-0.3, -0.25) is 14.4 Å². The average molecular weight is 471 g/mol. The van der Waals surface area contributed by atoms with Gasteiger partial charge in [-0.25, -0.2) is 0 Å². The van der Waals surface area contributed by atoms with Crippen molar-refractivity contribution < 1.29 is 39.9 Å². The summed E-state index contributed by atoms with van der Waals surface area (Å²) in [5, 5.41) is 57.0. The highest BCUT2D eigenvalue weighted by Crippen LogP contribution is 2.67. The molecule has 0 aromatic heterocycles. The van der Waals surface area contributed by atoms with Gasteiger partial charge in [-0.05, 0) is 30.4 Å². The van der Waals surface area contributed by atoms with Crippen LogP contribution in [-0.2, 0) is 9.59 Å². The summed E-state index contributed by atoms with van der Waals surface area (Å²) >= 11 is 0. The SMILES string of the molecule is CC(=O)C1=C(O)C(C(C)C)[C@@]2(C)[C@H](O)[C@]3(C)C(=C(O)[C@@]2(O)C1=O)C(=O)c1c(O)cccc1[C@H]3C. The molecule has 8 nitrogen and oxygen atoms in total. The highest BCUT2D eigenvalue weighted by molar-refractivity contribution is 6.25. The number of carbonyl (C=O) groups excluding carboxylic acids is 3. The first-order valence-electron chi connectivity index (χ1n) is 11.3. The van der Waals surface area contributed by atoms with E-state index >= 15 is 0 Å². The quantitative estimate of drug-likeness (QED) is 0.414.